The van der Waals surface area contributed by atoms with E-state index >= 15 is 0 Å². The van der Waals surface area contributed by atoms with E-state index < -0.39 is 11.9 Å². The molecule has 0 saturated heterocycles. The van der Waals surface area contributed by atoms with Crippen molar-refractivity contribution in [2.24, 2.45) is 11.8 Å². The lowest BCUT2D eigenvalue weighted by Crippen LogP contribution is -2.29. The summed E-state index contributed by atoms with van der Waals surface area (Å²) in [5.41, 5.74) is 1.12. The molecule has 1 fully saturated rings. The summed E-state index contributed by atoms with van der Waals surface area (Å²) in [7, 11) is 0. The predicted octanol–water partition coefficient (Wildman–Crippen LogP) is 6.32. The van der Waals surface area contributed by atoms with Crippen molar-refractivity contribution in [1.82, 2.24) is 19.1 Å². The van der Waals surface area contributed by atoms with Crippen molar-refractivity contribution in [1.29, 1.82) is 0 Å². The number of nitrogens with one attached hydrogen (secondary N) is 1. The number of aliphatic hydroxyl groups is 1. The van der Waals surface area contributed by atoms with Crippen LogP contribution in [0, 0.1) is 17.7 Å². The first kappa shape index (κ1) is 27.0. The third-order valence-corrected chi connectivity index (χ3v) is 7.74. The zero-order chi connectivity index (χ0) is 26.4. The van der Waals surface area contributed by atoms with Crippen LogP contribution in [0.3, 0.4) is 0 Å². The second-order valence-electron chi connectivity index (χ2n) is 10.5. The van der Waals surface area contributed by atoms with E-state index in [4.69, 9.17) is 4.98 Å². The number of aromatic nitrogens is 4. The zero-order valence-corrected chi connectivity index (χ0v) is 22.2. The van der Waals surface area contributed by atoms with Crippen molar-refractivity contribution in [3.63, 3.8) is 0 Å². The third-order valence-electron chi connectivity index (χ3n) is 7.74. The van der Waals surface area contributed by atoms with Crippen molar-refractivity contribution >= 4 is 5.95 Å². The minimum atomic E-state index is -1.02. The van der Waals surface area contributed by atoms with Gasteiger partial charge in [0, 0.05) is 18.4 Å². The Kier molecular flexibility index (Phi) is 9.14. The molecule has 0 bridgehead atoms. The summed E-state index contributed by atoms with van der Waals surface area (Å²) >= 11 is 0. The lowest BCUT2D eigenvalue weighted by molar-refractivity contribution is 0.120. The summed E-state index contributed by atoms with van der Waals surface area (Å²) < 4.78 is 16.2. The van der Waals surface area contributed by atoms with Crippen LogP contribution in [0.5, 0.6) is 0 Å². The number of aliphatic hydroxyl groups excluding tert-OH is 1. The van der Waals surface area contributed by atoms with E-state index in [0.29, 0.717) is 29.1 Å². The van der Waals surface area contributed by atoms with Gasteiger partial charge in [-0.3, -0.25) is 9.13 Å². The van der Waals surface area contributed by atoms with Gasteiger partial charge in [-0.25, -0.2) is 19.2 Å². The molecular formula is C29H40FN5O2. The van der Waals surface area contributed by atoms with Gasteiger partial charge in [0.25, 0.3) is 0 Å². The number of imidazole rings is 1. The van der Waals surface area contributed by atoms with Gasteiger partial charge in [-0.2, -0.15) is 0 Å². The number of rotatable bonds is 11. The van der Waals surface area contributed by atoms with E-state index in [0.717, 1.165) is 24.7 Å². The highest BCUT2D eigenvalue weighted by Crippen LogP contribution is 2.34. The molecule has 1 aromatic carbocycles. The Morgan fingerprint density at radius 1 is 1.08 bits per heavy atom. The van der Waals surface area contributed by atoms with E-state index in [-0.39, 0.29) is 5.82 Å². The SMILES string of the molecule is CCCCCCC(C)C1CCC(Nc2nccc(-c3cn(C(C)O)c(=O)n3-c3ccc(F)cc3)n2)CC1. The molecule has 2 aromatic heterocycles. The molecule has 0 radical (unpaired) electrons. The first-order valence-corrected chi connectivity index (χ1v) is 13.7. The average molecular weight is 510 g/mol. The third kappa shape index (κ3) is 6.66. The first-order valence-electron chi connectivity index (χ1n) is 13.7. The molecule has 1 aliphatic carbocycles. The number of nitrogens with zero attached hydrogens (tertiary/aromatic N) is 4. The summed E-state index contributed by atoms with van der Waals surface area (Å²) in [5.74, 6) is 1.70. The lowest BCUT2D eigenvalue weighted by Gasteiger charge is -2.32. The summed E-state index contributed by atoms with van der Waals surface area (Å²) in [4.78, 5) is 22.2. The molecule has 2 unspecified atom stereocenters. The van der Waals surface area contributed by atoms with Crippen LogP contribution in [0.25, 0.3) is 17.1 Å². The van der Waals surface area contributed by atoms with Crippen molar-refractivity contribution in [3.8, 4) is 17.1 Å². The molecule has 4 rings (SSSR count). The highest BCUT2D eigenvalue weighted by molar-refractivity contribution is 5.59. The largest absolute Gasteiger partial charge is 0.373 e. The number of hydrogen-bond acceptors (Lipinski definition) is 5. The van der Waals surface area contributed by atoms with Gasteiger partial charge in [0.1, 0.15) is 12.0 Å². The monoisotopic (exact) mass is 509 g/mol. The fraction of sp³-hybridized carbons (Fsp3) is 0.552. The molecule has 8 heteroatoms. The molecule has 200 valence electrons. The van der Waals surface area contributed by atoms with Crippen LogP contribution in [-0.4, -0.2) is 30.3 Å². The van der Waals surface area contributed by atoms with Crippen LogP contribution in [0.15, 0.2) is 47.5 Å². The van der Waals surface area contributed by atoms with E-state index in [9.17, 15) is 14.3 Å². The Hall–Kier alpha value is -3.00. The molecule has 3 aromatic rings. The van der Waals surface area contributed by atoms with Crippen molar-refractivity contribution in [2.75, 3.05) is 5.32 Å². The van der Waals surface area contributed by atoms with Gasteiger partial charge in [-0.1, -0.05) is 46.0 Å². The number of unbranched alkanes of at least 4 members (excludes halogenated alkanes) is 3. The Morgan fingerprint density at radius 2 is 1.81 bits per heavy atom. The molecule has 7 nitrogen and oxygen atoms in total. The maximum Gasteiger partial charge on any atom is 0.335 e. The van der Waals surface area contributed by atoms with Gasteiger partial charge in [-0.15, -0.1) is 0 Å². The molecule has 2 N–H and O–H groups in total. The van der Waals surface area contributed by atoms with Crippen LogP contribution in [0.4, 0.5) is 10.3 Å². The molecule has 37 heavy (non-hydrogen) atoms. The molecule has 1 aliphatic rings. The Labute approximate surface area is 218 Å². The molecule has 2 atom stereocenters. The van der Waals surface area contributed by atoms with E-state index in [2.05, 4.69) is 24.1 Å². The Balaban J connectivity index is 1.47. The van der Waals surface area contributed by atoms with Crippen LogP contribution < -0.4 is 11.0 Å². The van der Waals surface area contributed by atoms with E-state index in [1.807, 2.05) is 0 Å². The van der Waals surface area contributed by atoms with Crippen molar-refractivity contribution < 1.29 is 9.50 Å². The summed E-state index contributed by atoms with van der Waals surface area (Å²) in [6, 6.07) is 7.75. The van der Waals surface area contributed by atoms with Gasteiger partial charge in [0.05, 0.1) is 17.1 Å². The summed E-state index contributed by atoms with van der Waals surface area (Å²) in [6.07, 6.45) is 13.5. The maximum atomic E-state index is 13.5. The van der Waals surface area contributed by atoms with E-state index in [1.165, 1.54) is 85.3 Å². The van der Waals surface area contributed by atoms with Crippen LogP contribution in [0.2, 0.25) is 0 Å². The number of hydrogen-bond donors (Lipinski definition) is 2. The van der Waals surface area contributed by atoms with E-state index in [1.54, 1.807) is 18.5 Å². The number of benzene rings is 1. The second-order valence-corrected chi connectivity index (χ2v) is 10.5. The average Bonchev–Trinajstić information content (AvgIpc) is 3.25. The van der Waals surface area contributed by atoms with Crippen molar-refractivity contribution in [2.45, 2.75) is 90.8 Å². The summed E-state index contributed by atoms with van der Waals surface area (Å²) in [5, 5.41) is 13.6. The lowest BCUT2D eigenvalue weighted by atomic mass is 9.77. The van der Waals surface area contributed by atoms with Gasteiger partial charge >= 0.3 is 5.69 Å². The zero-order valence-electron chi connectivity index (χ0n) is 22.2. The normalized spacial score (nSPS) is 19.5. The topological polar surface area (TPSA) is 85.0 Å². The quantitative estimate of drug-likeness (QED) is 0.295. The van der Waals surface area contributed by atoms with Gasteiger partial charge in [-0.05, 0) is 74.8 Å². The second kappa shape index (κ2) is 12.5. The minimum Gasteiger partial charge on any atom is -0.373 e. The minimum absolute atomic E-state index is 0.320. The summed E-state index contributed by atoms with van der Waals surface area (Å²) in [6.45, 7) is 6.19. The Bertz CT molecular complexity index is 1200. The van der Waals surface area contributed by atoms with Crippen LogP contribution >= 0.6 is 0 Å². The standard InChI is InChI=1S/C29H40FN5O2/c1-4-5-6-7-8-20(2)22-9-13-24(14-10-22)32-28-31-18-17-26(33-28)27-19-34(21(3)36)29(37)35(27)25-15-11-23(30)12-16-25/h11-12,15-22,24,36H,4-10,13-14H2,1-3H3,(H,31,32,33). The van der Waals surface area contributed by atoms with Crippen LogP contribution in [0.1, 0.15) is 84.8 Å². The first-order chi connectivity index (χ1) is 17.9. The molecular weight excluding hydrogens is 469 g/mol. The number of halogens is 1. The molecule has 0 aliphatic heterocycles. The van der Waals surface area contributed by atoms with Gasteiger partial charge in [0.2, 0.25) is 5.95 Å². The predicted molar refractivity (Wildman–Crippen MR) is 145 cm³/mol. The smallest absolute Gasteiger partial charge is 0.335 e. The van der Waals surface area contributed by atoms with Crippen LogP contribution in [-0.2, 0) is 0 Å². The van der Waals surface area contributed by atoms with Crippen molar-refractivity contribution in [3.05, 3.63) is 59.0 Å². The van der Waals surface area contributed by atoms with Gasteiger partial charge < -0.3 is 10.4 Å². The molecule has 0 amide bonds. The number of anilines is 1. The van der Waals surface area contributed by atoms with Gasteiger partial charge in [0.15, 0.2) is 0 Å². The highest BCUT2D eigenvalue weighted by Gasteiger charge is 2.26. The highest BCUT2D eigenvalue weighted by atomic mass is 19.1. The Morgan fingerprint density at radius 3 is 2.49 bits per heavy atom. The molecule has 0 spiro atoms. The maximum absolute atomic E-state index is 13.5. The molecule has 1 saturated carbocycles. The molecule has 2 heterocycles. The fourth-order valence-corrected chi connectivity index (χ4v) is 5.47. The fourth-order valence-electron chi connectivity index (χ4n) is 5.47.